The molecule has 0 bridgehead atoms. The number of nitrogens with one attached hydrogen (secondary N) is 2. The highest BCUT2D eigenvalue weighted by Crippen LogP contribution is 2.53. The molecule has 1 spiro atoms. The van der Waals surface area contributed by atoms with E-state index in [1.54, 1.807) is 6.92 Å². The van der Waals surface area contributed by atoms with E-state index in [2.05, 4.69) is 17.6 Å². The molecule has 4 heteroatoms. The molecule has 0 aromatic carbocycles. The van der Waals surface area contributed by atoms with Gasteiger partial charge in [0.05, 0.1) is 6.10 Å². The number of amides is 1. The Kier molecular flexibility index (Phi) is 5.22. The van der Waals surface area contributed by atoms with E-state index in [9.17, 15) is 4.79 Å². The Labute approximate surface area is 116 Å². The Morgan fingerprint density at radius 2 is 2.00 bits per heavy atom. The summed E-state index contributed by atoms with van der Waals surface area (Å²) in [5, 5.41) is 6.47. The molecule has 4 nitrogen and oxygen atoms in total. The van der Waals surface area contributed by atoms with E-state index in [-0.39, 0.29) is 5.91 Å². The minimum absolute atomic E-state index is 0.0509. The van der Waals surface area contributed by atoms with Crippen molar-refractivity contribution in [3.8, 4) is 0 Å². The fourth-order valence-electron chi connectivity index (χ4n) is 3.83. The third-order valence-electron chi connectivity index (χ3n) is 4.83. The second-order valence-electron chi connectivity index (χ2n) is 5.96. The molecule has 19 heavy (non-hydrogen) atoms. The van der Waals surface area contributed by atoms with Crippen molar-refractivity contribution in [2.45, 2.75) is 64.5 Å². The number of rotatable bonds is 6. The Balaban J connectivity index is 1.81. The van der Waals surface area contributed by atoms with Gasteiger partial charge < -0.3 is 15.4 Å². The molecular weight excluding hydrogens is 240 g/mol. The van der Waals surface area contributed by atoms with E-state index in [1.165, 1.54) is 32.1 Å². The summed E-state index contributed by atoms with van der Waals surface area (Å²) in [6.07, 6.45) is 8.25. The zero-order chi connectivity index (χ0) is 13.7. The summed E-state index contributed by atoms with van der Waals surface area (Å²) in [4.78, 5) is 10.8. The molecule has 2 N–H and O–H groups in total. The van der Waals surface area contributed by atoms with Crippen molar-refractivity contribution in [2.75, 3.05) is 19.7 Å². The number of ether oxygens (including phenoxy) is 1. The maximum atomic E-state index is 10.8. The van der Waals surface area contributed by atoms with Crippen LogP contribution in [0.1, 0.15) is 52.4 Å². The zero-order valence-corrected chi connectivity index (χ0v) is 12.3. The molecule has 2 aliphatic rings. The molecule has 0 radical (unpaired) electrons. The lowest BCUT2D eigenvalue weighted by molar-refractivity contribution is -0.149. The molecule has 2 rings (SSSR count). The van der Waals surface area contributed by atoms with Crippen molar-refractivity contribution in [1.82, 2.24) is 10.6 Å². The third kappa shape index (κ3) is 3.29. The van der Waals surface area contributed by atoms with Gasteiger partial charge in [0.25, 0.3) is 0 Å². The van der Waals surface area contributed by atoms with E-state index < -0.39 is 0 Å². The first kappa shape index (κ1) is 14.8. The molecule has 2 fully saturated rings. The monoisotopic (exact) mass is 268 g/mol. The average Bonchev–Trinajstić information content (AvgIpc) is 2.41. The van der Waals surface area contributed by atoms with Gasteiger partial charge in [-0.05, 0) is 26.2 Å². The molecule has 0 heterocycles. The Morgan fingerprint density at radius 1 is 1.26 bits per heavy atom. The molecule has 1 amide bonds. The van der Waals surface area contributed by atoms with Crippen LogP contribution in [0, 0.1) is 5.41 Å². The maximum absolute atomic E-state index is 10.8. The number of hydrogen-bond acceptors (Lipinski definition) is 3. The normalized spacial score (nSPS) is 28.9. The molecule has 0 aromatic heterocycles. The van der Waals surface area contributed by atoms with Gasteiger partial charge in [-0.3, -0.25) is 4.79 Å². The van der Waals surface area contributed by atoms with Gasteiger partial charge in [-0.1, -0.05) is 19.3 Å². The van der Waals surface area contributed by atoms with Crippen LogP contribution in [-0.2, 0) is 9.53 Å². The molecule has 0 aliphatic heterocycles. The summed E-state index contributed by atoms with van der Waals surface area (Å²) in [7, 11) is 0. The molecule has 110 valence electrons. The first-order chi connectivity index (χ1) is 9.19. The third-order valence-corrected chi connectivity index (χ3v) is 4.83. The standard InChI is InChI=1S/C15H28N2O2/c1-3-19-14-11-13(17-10-9-16-12(2)18)15(14)7-5-4-6-8-15/h13-14,17H,3-11H2,1-2H3,(H,16,18). The van der Waals surface area contributed by atoms with Gasteiger partial charge in [0.15, 0.2) is 0 Å². The van der Waals surface area contributed by atoms with Gasteiger partial charge in [-0.2, -0.15) is 0 Å². The van der Waals surface area contributed by atoms with Crippen molar-refractivity contribution >= 4 is 5.91 Å². The first-order valence-corrected chi connectivity index (χ1v) is 7.78. The molecule has 0 saturated heterocycles. The maximum Gasteiger partial charge on any atom is 0.216 e. The number of carbonyl (C=O) groups is 1. The minimum Gasteiger partial charge on any atom is -0.378 e. The Morgan fingerprint density at radius 3 is 2.63 bits per heavy atom. The van der Waals surface area contributed by atoms with Crippen LogP contribution in [0.2, 0.25) is 0 Å². The van der Waals surface area contributed by atoms with Gasteiger partial charge in [0.1, 0.15) is 0 Å². The summed E-state index contributed by atoms with van der Waals surface area (Å²) in [6, 6.07) is 0.582. The van der Waals surface area contributed by atoms with Crippen LogP contribution in [0.15, 0.2) is 0 Å². The van der Waals surface area contributed by atoms with E-state index >= 15 is 0 Å². The lowest BCUT2D eigenvalue weighted by Gasteiger charge is -2.58. The molecule has 0 aromatic rings. The topological polar surface area (TPSA) is 50.4 Å². The Bertz CT molecular complexity index is 301. The second kappa shape index (κ2) is 6.71. The van der Waals surface area contributed by atoms with E-state index in [1.807, 2.05) is 0 Å². The summed E-state index contributed by atoms with van der Waals surface area (Å²) in [5.74, 6) is 0.0509. The van der Waals surface area contributed by atoms with Gasteiger partial charge in [-0.25, -0.2) is 0 Å². The van der Waals surface area contributed by atoms with E-state index in [0.717, 1.165) is 26.1 Å². The fraction of sp³-hybridized carbons (Fsp3) is 0.933. The second-order valence-corrected chi connectivity index (χ2v) is 5.96. The largest absolute Gasteiger partial charge is 0.378 e. The SMILES string of the molecule is CCOC1CC(NCCNC(C)=O)C12CCCCC2. The predicted octanol–water partition coefficient (Wildman–Crippen LogP) is 1.84. The lowest BCUT2D eigenvalue weighted by Crippen LogP contribution is -2.65. The first-order valence-electron chi connectivity index (χ1n) is 7.78. The van der Waals surface area contributed by atoms with Crippen LogP contribution in [0.4, 0.5) is 0 Å². The van der Waals surface area contributed by atoms with Crippen LogP contribution in [0.25, 0.3) is 0 Å². The van der Waals surface area contributed by atoms with Crippen molar-refractivity contribution in [3.05, 3.63) is 0 Å². The average molecular weight is 268 g/mol. The zero-order valence-electron chi connectivity index (χ0n) is 12.3. The van der Waals surface area contributed by atoms with Gasteiger partial charge in [-0.15, -0.1) is 0 Å². The molecule has 2 aliphatic carbocycles. The summed E-state index contributed by atoms with van der Waals surface area (Å²) < 4.78 is 5.94. The van der Waals surface area contributed by atoms with Gasteiger partial charge in [0.2, 0.25) is 5.91 Å². The number of hydrogen-bond donors (Lipinski definition) is 2. The summed E-state index contributed by atoms with van der Waals surface area (Å²) in [6.45, 7) is 6.07. The van der Waals surface area contributed by atoms with Crippen molar-refractivity contribution in [3.63, 3.8) is 0 Å². The summed E-state index contributed by atoms with van der Waals surface area (Å²) in [5.41, 5.74) is 0.379. The quantitative estimate of drug-likeness (QED) is 0.723. The van der Waals surface area contributed by atoms with Crippen LogP contribution in [-0.4, -0.2) is 37.7 Å². The fourth-order valence-corrected chi connectivity index (χ4v) is 3.83. The minimum atomic E-state index is 0.0509. The summed E-state index contributed by atoms with van der Waals surface area (Å²) >= 11 is 0. The molecule has 2 atom stereocenters. The highest BCUT2D eigenvalue weighted by atomic mass is 16.5. The predicted molar refractivity (Wildman–Crippen MR) is 76.0 cm³/mol. The van der Waals surface area contributed by atoms with E-state index in [0.29, 0.717) is 17.6 Å². The molecular formula is C15H28N2O2. The van der Waals surface area contributed by atoms with Crippen molar-refractivity contribution in [1.29, 1.82) is 0 Å². The molecule has 2 saturated carbocycles. The van der Waals surface area contributed by atoms with Crippen LogP contribution < -0.4 is 10.6 Å². The van der Waals surface area contributed by atoms with Crippen molar-refractivity contribution < 1.29 is 9.53 Å². The van der Waals surface area contributed by atoms with Gasteiger partial charge >= 0.3 is 0 Å². The molecule has 2 unspecified atom stereocenters. The van der Waals surface area contributed by atoms with Crippen LogP contribution in [0.5, 0.6) is 0 Å². The Hall–Kier alpha value is -0.610. The van der Waals surface area contributed by atoms with Gasteiger partial charge in [0, 0.05) is 38.1 Å². The highest BCUT2D eigenvalue weighted by molar-refractivity contribution is 5.72. The van der Waals surface area contributed by atoms with Crippen LogP contribution >= 0.6 is 0 Å². The van der Waals surface area contributed by atoms with Crippen LogP contribution in [0.3, 0.4) is 0 Å². The van der Waals surface area contributed by atoms with Crippen molar-refractivity contribution in [2.24, 2.45) is 5.41 Å². The lowest BCUT2D eigenvalue weighted by atomic mass is 9.55. The number of carbonyl (C=O) groups excluding carboxylic acids is 1. The highest BCUT2D eigenvalue weighted by Gasteiger charge is 2.55. The smallest absolute Gasteiger partial charge is 0.216 e. The van der Waals surface area contributed by atoms with E-state index in [4.69, 9.17) is 4.74 Å².